The Kier molecular flexibility index (Phi) is 5.05. The molecule has 1 atom stereocenters. The molecule has 0 saturated heterocycles. The maximum atomic E-state index is 9.93. The van der Waals surface area contributed by atoms with Gasteiger partial charge in [-0.3, -0.25) is 0 Å². The van der Waals surface area contributed by atoms with Gasteiger partial charge in [0.25, 0.3) is 0 Å². The highest BCUT2D eigenvalue weighted by atomic mass is 79.9. The zero-order chi connectivity index (χ0) is 12.1. The van der Waals surface area contributed by atoms with Gasteiger partial charge < -0.3 is 19.9 Å². The van der Waals surface area contributed by atoms with E-state index in [0.29, 0.717) is 23.6 Å². The Morgan fingerprint density at radius 2 is 1.94 bits per heavy atom. The van der Waals surface area contributed by atoms with Crippen molar-refractivity contribution >= 4 is 15.9 Å². The van der Waals surface area contributed by atoms with Crippen LogP contribution in [0.5, 0.6) is 11.5 Å². The number of nitrogens with one attached hydrogen (secondary N) is 1. The van der Waals surface area contributed by atoms with Crippen LogP contribution in [0, 0.1) is 0 Å². The Labute approximate surface area is 104 Å². The number of rotatable bonds is 5. The lowest BCUT2D eigenvalue weighted by Gasteiger charge is -2.17. The minimum Gasteiger partial charge on any atom is -0.492 e. The quantitative estimate of drug-likeness (QED) is 0.867. The van der Waals surface area contributed by atoms with Crippen LogP contribution in [0.1, 0.15) is 11.7 Å². The van der Waals surface area contributed by atoms with Gasteiger partial charge in [0.05, 0.1) is 24.8 Å². The number of aliphatic hydroxyl groups excluding tert-OH is 1. The van der Waals surface area contributed by atoms with E-state index >= 15 is 0 Å². The zero-order valence-electron chi connectivity index (χ0n) is 9.58. The molecule has 0 amide bonds. The summed E-state index contributed by atoms with van der Waals surface area (Å²) in [6.07, 6.45) is -0.623. The minimum atomic E-state index is -0.623. The fraction of sp³-hybridized carbons (Fsp3) is 0.455. The third-order valence-corrected chi connectivity index (χ3v) is 2.88. The van der Waals surface area contributed by atoms with E-state index in [1.807, 2.05) is 12.1 Å². The van der Waals surface area contributed by atoms with Gasteiger partial charge in [0.2, 0.25) is 0 Å². The Bertz CT molecular complexity index is 357. The van der Waals surface area contributed by atoms with E-state index in [1.54, 1.807) is 21.3 Å². The molecule has 2 N–H and O–H groups in total. The molecule has 0 aromatic heterocycles. The lowest BCUT2D eigenvalue weighted by molar-refractivity contribution is 0.172. The second-order valence-corrected chi connectivity index (χ2v) is 4.13. The molecule has 0 radical (unpaired) electrons. The first-order valence-electron chi connectivity index (χ1n) is 4.88. The fourth-order valence-electron chi connectivity index (χ4n) is 1.52. The molecule has 0 fully saturated rings. The number of ether oxygens (including phenoxy) is 2. The van der Waals surface area contributed by atoms with E-state index in [-0.39, 0.29) is 0 Å². The van der Waals surface area contributed by atoms with E-state index in [9.17, 15) is 5.11 Å². The van der Waals surface area contributed by atoms with Crippen LogP contribution in [0.15, 0.2) is 16.6 Å². The van der Waals surface area contributed by atoms with Gasteiger partial charge in [-0.25, -0.2) is 0 Å². The van der Waals surface area contributed by atoms with Crippen LogP contribution in [0.25, 0.3) is 0 Å². The summed E-state index contributed by atoms with van der Waals surface area (Å²) in [5.41, 5.74) is 0.705. The number of aliphatic hydroxyl groups is 1. The molecule has 1 unspecified atom stereocenters. The van der Waals surface area contributed by atoms with Crippen molar-refractivity contribution in [2.75, 3.05) is 27.8 Å². The predicted molar refractivity (Wildman–Crippen MR) is 66.1 cm³/mol. The molecule has 0 aliphatic heterocycles. The molecule has 0 spiro atoms. The average Bonchev–Trinajstić information content (AvgIpc) is 2.28. The standard InChI is InChI=1S/C11H16BrNO3/c1-13-6-9(14)7-4-5-8(12)11(16-3)10(7)15-2/h4-5,9,13-14H,6H2,1-3H3. The van der Waals surface area contributed by atoms with Crippen LogP contribution in [-0.2, 0) is 0 Å². The van der Waals surface area contributed by atoms with Crippen LogP contribution in [-0.4, -0.2) is 32.9 Å². The van der Waals surface area contributed by atoms with Crippen LogP contribution >= 0.6 is 15.9 Å². The molecule has 1 rings (SSSR count). The van der Waals surface area contributed by atoms with Crippen molar-refractivity contribution in [1.82, 2.24) is 5.32 Å². The summed E-state index contributed by atoms with van der Waals surface area (Å²) in [7, 11) is 4.91. The summed E-state index contributed by atoms with van der Waals surface area (Å²) in [5, 5.41) is 12.8. The molecule has 0 aliphatic rings. The third-order valence-electron chi connectivity index (χ3n) is 2.26. The second-order valence-electron chi connectivity index (χ2n) is 3.28. The van der Waals surface area contributed by atoms with Crippen molar-refractivity contribution < 1.29 is 14.6 Å². The van der Waals surface area contributed by atoms with E-state index < -0.39 is 6.10 Å². The summed E-state index contributed by atoms with van der Waals surface area (Å²) >= 11 is 3.37. The highest BCUT2D eigenvalue weighted by molar-refractivity contribution is 9.10. The molecule has 5 heteroatoms. The maximum absolute atomic E-state index is 9.93. The lowest BCUT2D eigenvalue weighted by Crippen LogP contribution is -2.17. The smallest absolute Gasteiger partial charge is 0.175 e. The molecule has 4 nitrogen and oxygen atoms in total. The number of benzene rings is 1. The van der Waals surface area contributed by atoms with Gasteiger partial charge in [0, 0.05) is 12.1 Å². The summed E-state index contributed by atoms with van der Waals surface area (Å²) in [5.74, 6) is 1.15. The van der Waals surface area contributed by atoms with E-state index in [0.717, 1.165) is 4.47 Å². The number of hydrogen-bond acceptors (Lipinski definition) is 4. The van der Waals surface area contributed by atoms with Crippen LogP contribution in [0.4, 0.5) is 0 Å². The van der Waals surface area contributed by atoms with E-state index in [2.05, 4.69) is 21.2 Å². The molecule has 0 heterocycles. The van der Waals surface area contributed by atoms with Crippen molar-refractivity contribution in [3.8, 4) is 11.5 Å². The van der Waals surface area contributed by atoms with Crippen LogP contribution < -0.4 is 14.8 Å². The second kappa shape index (κ2) is 6.08. The van der Waals surface area contributed by atoms with Crippen LogP contribution in [0.3, 0.4) is 0 Å². The number of hydrogen-bond donors (Lipinski definition) is 2. The van der Waals surface area contributed by atoms with Gasteiger partial charge in [-0.15, -0.1) is 0 Å². The van der Waals surface area contributed by atoms with Crippen molar-refractivity contribution in [3.05, 3.63) is 22.2 Å². The molecular formula is C11H16BrNO3. The lowest BCUT2D eigenvalue weighted by atomic mass is 10.1. The highest BCUT2D eigenvalue weighted by Gasteiger charge is 2.18. The first kappa shape index (κ1) is 13.3. The largest absolute Gasteiger partial charge is 0.492 e. The van der Waals surface area contributed by atoms with Gasteiger partial charge in [0.15, 0.2) is 11.5 Å². The van der Waals surface area contributed by atoms with Gasteiger partial charge in [0.1, 0.15) is 0 Å². The normalized spacial score (nSPS) is 12.3. The Morgan fingerprint density at radius 3 is 2.44 bits per heavy atom. The molecule has 16 heavy (non-hydrogen) atoms. The monoisotopic (exact) mass is 289 g/mol. The molecule has 0 saturated carbocycles. The Hall–Kier alpha value is -0.780. The molecular weight excluding hydrogens is 274 g/mol. The first-order chi connectivity index (χ1) is 7.65. The highest BCUT2D eigenvalue weighted by Crippen LogP contribution is 2.40. The van der Waals surface area contributed by atoms with Gasteiger partial charge in [-0.2, -0.15) is 0 Å². The number of halogens is 1. The third kappa shape index (κ3) is 2.66. The Balaban J connectivity index is 3.18. The number of likely N-dealkylation sites (N-methyl/N-ethyl adjacent to an activating group) is 1. The van der Waals surface area contributed by atoms with Crippen LogP contribution in [0.2, 0.25) is 0 Å². The van der Waals surface area contributed by atoms with E-state index in [1.165, 1.54) is 0 Å². The Morgan fingerprint density at radius 1 is 1.31 bits per heavy atom. The van der Waals surface area contributed by atoms with E-state index in [4.69, 9.17) is 9.47 Å². The maximum Gasteiger partial charge on any atom is 0.175 e. The van der Waals surface area contributed by atoms with Crippen molar-refractivity contribution in [3.63, 3.8) is 0 Å². The van der Waals surface area contributed by atoms with Gasteiger partial charge in [-0.05, 0) is 29.0 Å². The summed E-state index contributed by atoms with van der Waals surface area (Å²) < 4.78 is 11.3. The summed E-state index contributed by atoms with van der Waals surface area (Å²) in [6.45, 7) is 0.459. The van der Waals surface area contributed by atoms with Crippen molar-refractivity contribution in [1.29, 1.82) is 0 Å². The SMILES string of the molecule is CNCC(O)c1ccc(Br)c(OC)c1OC. The molecule has 1 aromatic carbocycles. The molecule has 0 bridgehead atoms. The van der Waals surface area contributed by atoms with Crippen molar-refractivity contribution in [2.24, 2.45) is 0 Å². The molecule has 90 valence electrons. The predicted octanol–water partition coefficient (Wildman–Crippen LogP) is 1.72. The topological polar surface area (TPSA) is 50.7 Å². The molecule has 0 aliphatic carbocycles. The summed E-state index contributed by atoms with van der Waals surface area (Å²) in [6, 6.07) is 3.64. The molecule has 1 aromatic rings. The average molecular weight is 290 g/mol. The van der Waals surface area contributed by atoms with Crippen molar-refractivity contribution in [2.45, 2.75) is 6.10 Å². The summed E-state index contributed by atoms with van der Waals surface area (Å²) in [4.78, 5) is 0. The minimum absolute atomic E-state index is 0.459. The van der Waals surface area contributed by atoms with Gasteiger partial charge >= 0.3 is 0 Å². The number of methoxy groups -OCH3 is 2. The first-order valence-corrected chi connectivity index (χ1v) is 5.68. The zero-order valence-corrected chi connectivity index (χ0v) is 11.2. The fourth-order valence-corrected chi connectivity index (χ4v) is 1.99. The van der Waals surface area contributed by atoms with Gasteiger partial charge in [-0.1, -0.05) is 6.07 Å².